The second-order valence-electron chi connectivity index (χ2n) is 7.17. The number of hydrogen-bond donors (Lipinski definition) is 5. The van der Waals surface area contributed by atoms with Crippen LogP contribution in [0.2, 0.25) is 0 Å². The molecular formula is C23H26ClN5O3. The third kappa shape index (κ3) is 6.10. The molecule has 0 saturated carbocycles. The van der Waals surface area contributed by atoms with Crippen LogP contribution in [0.5, 0.6) is 5.75 Å². The monoisotopic (exact) mass is 455 g/mol. The number of anilines is 3. The maximum Gasteiger partial charge on any atom is 0.255 e. The number of ether oxygens (including phenoxy) is 1. The number of alkyl halides is 1. The van der Waals surface area contributed by atoms with E-state index in [2.05, 4.69) is 15.7 Å². The third-order valence-corrected chi connectivity index (χ3v) is 5.32. The molecule has 3 aromatic rings. The highest BCUT2D eigenvalue weighted by atomic mass is 35.5. The first-order chi connectivity index (χ1) is 15.5. The third-order valence-electron chi connectivity index (χ3n) is 4.88. The van der Waals surface area contributed by atoms with Gasteiger partial charge < -0.3 is 26.3 Å². The Labute approximate surface area is 191 Å². The van der Waals surface area contributed by atoms with Crippen LogP contribution in [-0.2, 0) is 0 Å². The van der Waals surface area contributed by atoms with Gasteiger partial charge in [0.1, 0.15) is 11.6 Å². The van der Waals surface area contributed by atoms with Gasteiger partial charge in [0.2, 0.25) is 0 Å². The number of nitrogens with two attached hydrogens (primary N) is 2. The van der Waals surface area contributed by atoms with Crippen LogP contribution < -0.4 is 27.1 Å². The van der Waals surface area contributed by atoms with Crippen molar-refractivity contribution in [1.29, 1.82) is 0 Å². The van der Waals surface area contributed by atoms with Gasteiger partial charge in [0.15, 0.2) is 0 Å². The smallest absolute Gasteiger partial charge is 0.255 e. The quantitative estimate of drug-likeness (QED) is 0.179. The zero-order valence-electron chi connectivity index (χ0n) is 17.4. The first-order valence-corrected chi connectivity index (χ1v) is 10.6. The summed E-state index contributed by atoms with van der Waals surface area (Å²) in [6.45, 7) is 0.496. The molecule has 0 radical (unpaired) electrons. The van der Waals surface area contributed by atoms with Gasteiger partial charge in [-0.2, -0.15) is 0 Å². The number of hydrazine groups is 1. The standard InChI is InChI=1S/C23H26ClN5O3/c24-13-15(14-30)10-11-32-19-6-4-18(5-7-19)27-23(31)17-3-1-2-16(12-17)20-8-9-21(29-26)22(25)28-20/h1-9,12,15,29-30H,10-11,13-14,26H2,(H2,25,28)(H,27,31). The van der Waals surface area contributed by atoms with E-state index in [1.165, 1.54) is 0 Å². The van der Waals surface area contributed by atoms with E-state index in [-0.39, 0.29) is 24.2 Å². The Bertz CT molecular complexity index is 1040. The van der Waals surface area contributed by atoms with E-state index in [9.17, 15) is 4.79 Å². The minimum Gasteiger partial charge on any atom is -0.494 e. The summed E-state index contributed by atoms with van der Waals surface area (Å²) in [5.74, 6) is 6.51. The summed E-state index contributed by atoms with van der Waals surface area (Å²) in [7, 11) is 0. The van der Waals surface area contributed by atoms with Crippen molar-refractivity contribution in [1.82, 2.24) is 4.98 Å². The number of halogens is 1. The molecule has 32 heavy (non-hydrogen) atoms. The summed E-state index contributed by atoms with van der Waals surface area (Å²) < 4.78 is 5.66. The lowest BCUT2D eigenvalue weighted by Crippen LogP contribution is -2.13. The van der Waals surface area contributed by atoms with Gasteiger partial charge in [-0.05, 0) is 60.9 Å². The lowest BCUT2D eigenvalue weighted by molar-refractivity contribution is 0.102. The number of aromatic nitrogens is 1. The normalized spacial score (nSPS) is 11.6. The number of amides is 1. The maximum atomic E-state index is 12.7. The minimum absolute atomic E-state index is 0.0212. The number of nitrogen functional groups attached to an aromatic ring is 2. The highest BCUT2D eigenvalue weighted by Crippen LogP contribution is 2.24. The highest BCUT2D eigenvalue weighted by molar-refractivity contribution is 6.18. The Morgan fingerprint density at radius 3 is 2.59 bits per heavy atom. The highest BCUT2D eigenvalue weighted by Gasteiger charge is 2.10. The zero-order chi connectivity index (χ0) is 22.9. The molecule has 1 heterocycles. The SMILES string of the molecule is NNc1ccc(-c2cccc(C(=O)Nc3ccc(OCCC(CO)CCl)cc3)c2)nc1N. The Hall–Kier alpha value is -3.33. The maximum absolute atomic E-state index is 12.7. The molecule has 0 aliphatic heterocycles. The Balaban J connectivity index is 1.62. The summed E-state index contributed by atoms with van der Waals surface area (Å²) >= 11 is 5.76. The summed E-state index contributed by atoms with van der Waals surface area (Å²) in [6.07, 6.45) is 0.667. The van der Waals surface area contributed by atoms with Gasteiger partial charge in [-0.1, -0.05) is 12.1 Å². The first-order valence-electron chi connectivity index (χ1n) is 10.1. The van der Waals surface area contributed by atoms with Crippen LogP contribution >= 0.6 is 11.6 Å². The molecule has 7 N–H and O–H groups in total. The fraction of sp³-hybridized carbons (Fsp3) is 0.217. The number of nitrogens with zero attached hydrogens (tertiary/aromatic N) is 1. The number of benzene rings is 2. The number of rotatable bonds is 10. The molecule has 8 nitrogen and oxygen atoms in total. The van der Waals surface area contributed by atoms with Crippen molar-refractivity contribution in [2.75, 3.05) is 35.6 Å². The number of carbonyl (C=O) groups excluding carboxylic acids is 1. The fourth-order valence-electron chi connectivity index (χ4n) is 2.98. The van der Waals surface area contributed by atoms with Crippen LogP contribution in [0.1, 0.15) is 16.8 Å². The van der Waals surface area contributed by atoms with Crippen LogP contribution in [0.15, 0.2) is 60.7 Å². The van der Waals surface area contributed by atoms with E-state index in [1.54, 1.807) is 54.6 Å². The van der Waals surface area contributed by atoms with E-state index < -0.39 is 0 Å². The Kier molecular flexibility index (Phi) is 8.27. The van der Waals surface area contributed by atoms with E-state index in [0.717, 1.165) is 5.56 Å². The fourth-order valence-corrected chi connectivity index (χ4v) is 3.23. The Morgan fingerprint density at radius 2 is 1.94 bits per heavy atom. The number of pyridine rings is 1. The number of carbonyl (C=O) groups is 1. The first kappa shape index (κ1) is 23.3. The van der Waals surface area contributed by atoms with Crippen LogP contribution in [-0.4, -0.2) is 35.1 Å². The van der Waals surface area contributed by atoms with Gasteiger partial charge in [-0.15, -0.1) is 11.6 Å². The molecular weight excluding hydrogens is 430 g/mol. The molecule has 3 rings (SSSR count). The second kappa shape index (κ2) is 11.3. The molecule has 1 unspecified atom stereocenters. The predicted molar refractivity (Wildman–Crippen MR) is 128 cm³/mol. The average molecular weight is 456 g/mol. The van der Waals surface area contributed by atoms with Crippen molar-refractivity contribution >= 4 is 34.7 Å². The van der Waals surface area contributed by atoms with Gasteiger partial charge in [-0.3, -0.25) is 10.6 Å². The van der Waals surface area contributed by atoms with Crippen LogP contribution in [0.3, 0.4) is 0 Å². The van der Waals surface area contributed by atoms with Gasteiger partial charge in [0.05, 0.1) is 18.0 Å². The van der Waals surface area contributed by atoms with Gasteiger partial charge >= 0.3 is 0 Å². The van der Waals surface area contributed by atoms with E-state index >= 15 is 0 Å². The predicted octanol–water partition coefficient (Wildman–Crippen LogP) is 3.48. The zero-order valence-corrected chi connectivity index (χ0v) is 18.2. The summed E-state index contributed by atoms with van der Waals surface area (Å²) in [5.41, 5.74) is 11.4. The van der Waals surface area contributed by atoms with Crippen LogP contribution in [0.25, 0.3) is 11.3 Å². The molecule has 2 aromatic carbocycles. The number of aliphatic hydroxyl groups is 1. The van der Waals surface area contributed by atoms with E-state index in [4.69, 9.17) is 33.0 Å². The molecule has 168 valence electrons. The minimum atomic E-state index is -0.248. The summed E-state index contributed by atoms with van der Waals surface area (Å²) in [4.78, 5) is 17.0. The lowest BCUT2D eigenvalue weighted by Gasteiger charge is -2.12. The molecule has 1 amide bonds. The van der Waals surface area contributed by atoms with Crippen LogP contribution in [0.4, 0.5) is 17.2 Å². The van der Waals surface area contributed by atoms with Crippen molar-refractivity contribution in [3.05, 3.63) is 66.2 Å². The van der Waals surface area contributed by atoms with Crippen molar-refractivity contribution in [2.24, 2.45) is 11.8 Å². The summed E-state index contributed by atoms with van der Waals surface area (Å²) in [5, 5.41) is 12.0. The number of nitrogens with one attached hydrogen (secondary N) is 2. The van der Waals surface area contributed by atoms with Crippen molar-refractivity contribution < 1.29 is 14.6 Å². The largest absolute Gasteiger partial charge is 0.494 e. The van der Waals surface area contributed by atoms with E-state index in [1.807, 2.05) is 6.07 Å². The number of hydrogen-bond acceptors (Lipinski definition) is 7. The van der Waals surface area contributed by atoms with Crippen molar-refractivity contribution in [2.45, 2.75) is 6.42 Å². The van der Waals surface area contributed by atoms with E-state index in [0.29, 0.717) is 47.3 Å². The van der Waals surface area contributed by atoms with Gasteiger partial charge in [-0.25, -0.2) is 4.98 Å². The second-order valence-corrected chi connectivity index (χ2v) is 7.48. The summed E-state index contributed by atoms with van der Waals surface area (Å²) in [6, 6.07) is 17.7. The topological polar surface area (TPSA) is 136 Å². The molecule has 1 aromatic heterocycles. The molecule has 0 bridgehead atoms. The van der Waals surface area contributed by atoms with Crippen molar-refractivity contribution in [3.8, 4) is 17.0 Å². The molecule has 0 fully saturated rings. The number of aliphatic hydroxyl groups excluding tert-OH is 1. The molecule has 0 saturated heterocycles. The van der Waals surface area contributed by atoms with Gasteiger partial charge in [0, 0.05) is 29.3 Å². The average Bonchev–Trinajstić information content (AvgIpc) is 2.83. The molecule has 0 aliphatic carbocycles. The lowest BCUT2D eigenvalue weighted by atomic mass is 10.1. The van der Waals surface area contributed by atoms with Crippen molar-refractivity contribution in [3.63, 3.8) is 0 Å². The molecule has 9 heteroatoms. The Morgan fingerprint density at radius 1 is 1.16 bits per heavy atom. The molecule has 1 atom stereocenters. The molecule has 0 aliphatic rings. The van der Waals surface area contributed by atoms with Crippen LogP contribution in [0, 0.1) is 5.92 Å². The van der Waals surface area contributed by atoms with Gasteiger partial charge in [0.25, 0.3) is 5.91 Å². The molecule has 0 spiro atoms.